The maximum absolute atomic E-state index is 13.2. The molecule has 35 heavy (non-hydrogen) atoms. The van der Waals surface area contributed by atoms with Crippen LogP contribution in [0, 0.1) is 11.8 Å². The first-order valence-electron chi connectivity index (χ1n) is 11.8. The summed E-state index contributed by atoms with van der Waals surface area (Å²) in [5.41, 5.74) is 1.29. The molecule has 0 spiro atoms. The molecule has 1 aromatic rings. The fraction of sp³-hybridized carbons (Fsp3) is 0.519. The van der Waals surface area contributed by atoms with Crippen molar-refractivity contribution >= 4 is 35.9 Å². The molecular weight excluding hydrogens is 448 g/mol. The Morgan fingerprint density at radius 1 is 1.06 bits per heavy atom. The van der Waals surface area contributed by atoms with Gasteiger partial charge in [-0.3, -0.25) is 19.6 Å². The van der Waals surface area contributed by atoms with Crippen LogP contribution in [-0.2, 0) is 28.6 Å². The number of nitrogens with zero attached hydrogens (tertiary/aromatic N) is 2. The van der Waals surface area contributed by atoms with Gasteiger partial charge in [-0.15, -0.1) is 0 Å². The minimum atomic E-state index is -0.812. The normalized spacial score (nSPS) is 22.7. The van der Waals surface area contributed by atoms with Gasteiger partial charge in [-0.25, -0.2) is 4.79 Å². The Hall–Kier alpha value is -3.29. The predicted octanol–water partition coefficient (Wildman–Crippen LogP) is 4.03. The van der Waals surface area contributed by atoms with Crippen LogP contribution in [0.4, 0.5) is 0 Å². The van der Waals surface area contributed by atoms with E-state index in [4.69, 9.17) is 14.2 Å². The average molecular weight is 485 g/mol. The Bertz CT molecular complexity index is 1010. The molecule has 0 saturated carbocycles. The molecule has 1 aliphatic heterocycles. The summed E-state index contributed by atoms with van der Waals surface area (Å²) in [6.07, 6.45) is 4.58. The summed E-state index contributed by atoms with van der Waals surface area (Å²) in [5, 5.41) is 0. The van der Waals surface area contributed by atoms with Crippen molar-refractivity contribution in [3.05, 3.63) is 41.5 Å². The van der Waals surface area contributed by atoms with E-state index in [0.29, 0.717) is 16.8 Å². The van der Waals surface area contributed by atoms with Gasteiger partial charge in [-0.05, 0) is 58.7 Å². The van der Waals surface area contributed by atoms with Crippen molar-refractivity contribution < 1.29 is 28.6 Å². The lowest BCUT2D eigenvalue weighted by Crippen LogP contribution is -2.47. The third kappa shape index (κ3) is 7.34. The number of hydrogen-bond acceptors (Lipinski definition) is 8. The highest BCUT2D eigenvalue weighted by Crippen LogP contribution is 2.42. The van der Waals surface area contributed by atoms with Gasteiger partial charge in [0.15, 0.2) is 0 Å². The summed E-state index contributed by atoms with van der Waals surface area (Å²) in [6.45, 7) is 11.0. The Balaban J connectivity index is 2.68. The van der Waals surface area contributed by atoms with E-state index in [9.17, 15) is 14.4 Å². The van der Waals surface area contributed by atoms with E-state index in [2.05, 4.69) is 9.98 Å². The van der Waals surface area contributed by atoms with Gasteiger partial charge in [0.2, 0.25) is 0 Å². The van der Waals surface area contributed by atoms with E-state index in [1.165, 1.54) is 6.08 Å². The Morgan fingerprint density at radius 2 is 1.69 bits per heavy atom. The van der Waals surface area contributed by atoms with Crippen molar-refractivity contribution in [2.45, 2.75) is 59.1 Å². The number of carbonyl (C=O) groups excluding carboxylic acids is 3. The van der Waals surface area contributed by atoms with E-state index in [1.54, 1.807) is 60.9 Å². The zero-order chi connectivity index (χ0) is 26.2. The zero-order valence-electron chi connectivity index (χ0n) is 21.6. The third-order valence-corrected chi connectivity index (χ3v) is 5.48. The van der Waals surface area contributed by atoms with Gasteiger partial charge in [0, 0.05) is 31.0 Å². The van der Waals surface area contributed by atoms with Gasteiger partial charge >= 0.3 is 17.9 Å². The first-order valence-corrected chi connectivity index (χ1v) is 11.8. The molecule has 0 amide bonds. The average Bonchev–Trinajstić information content (AvgIpc) is 2.76. The second-order valence-corrected chi connectivity index (χ2v) is 9.20. The first kappa shape index (κ1) is 28.0. The smallest absolute Gasteiger partial charge is 0.331 e. The lowest BCUT2D eigenvalue weighted by atomic mass is 9.69. The predicted molar refractivity (Wildman–Crippen MR) is 136 cm³/mol. The van der Waals surface area contributed by atoms with E-state index >= 15 is 0 Å². The number of carbonyl (C=O) groups is 3. The van der Waals surface area contributed by atoms with Crippen molar-refractivity contribution in [1.82, 2.24) is 0 Å². The van der Waals surface area contributed by atoms with E-state index in [0.717, 1.165) is 0 Å². The highest BCUT2D eigenvalue weighted by atomic mass is 16.6. The van der Waals surface area contributed by atoms with Crippen LogP contribution in [0.2, 0.25) is 0 Å². The highest BCUT2D eigenvalue weighted by molar-refractivity contribution is 6.05. The monoisotopic (exact) mass is 484 g/mol. The molecule has 0 aliphatic carbocycles. The van der Waals surface area contributed by atoms with Crippen LogP contribution in [0.25, 0.3) is 6.08 Å². The molecule has 1 aromatic carbocycles. The van der Waals surface area contributed by atoms with Crippen LogP contribution in [0.3, 0.4) is 0 Å². The molecule has 0 bridgehead atoms. The number of ether oxygens (including phenoxy) is 3. The minimum Gasteiger partial charge on any atom is -0.466 e. The van der Waals surface area contributed by atoms with Gasteiger partial charge < -0.3 is 14.2 Å². The van der Waals surface area contributed by atoms with Crippen LogP contribution >= 0.6 is 0 Å². The van der Waals surface area contributed by atoms with Crippen molar-refractivity contribution in [1.29, 1.82) is 0 Å². The topological polar surface area (TPSA) is 104 Å². The molecule has 8 heteroatoms. The van der Waals surface area contributed by atoms with Crippen molar-refractivity contribution in [2.24, 2.45) is 21.8 Å². The molecule has 0 aromatic heterocycles. The quantitative estimate of drug-likeness (QED) is 0.239. The summed E-state index contributed by atoms with van der Waals surface area (Å²) in [6, 6.07) is 6.71. The maximum atomic E-state index is 13.2. The molecule has 4 atom stereocenters. The largest absolute Gasteiger partial charge is 0.466 e. The van der Waals surface area contributed by atoms with Crippen LogP contribution in [0.15, 0.2) is 40.3 Å². The number of esters is 3. The standard InChI is InChI=1S/C27H36N2O6/c1-8-33-25(31)22-17(3)29-20(16-28-7)24(26(32)34-9-2)23(22)19-13-11-10-12-18(19)14-15-21(30)35-27(4,5)6/h10-16,20,22-24H,8-9H2,1-7H3. The van der Waals surface area contributed by atoms with Crippen LogP contribution in [-0.4, -0.2) is 61.7 Å². The Morgan fingerprint density at radius 3 is 2.29 bits per heavy atom. The van der Waals surface area contributed by atoms with Gasteiger partial charge in [0.1, 0.15) is 11.5 Å². The van der Waals surface area contributed by atoms with Crippen LogP contribution < -0.4 is 0 Å². The second kappa shape index (κ2) is 12.4. The first-order chi connectivity index (χ1) is 16.5. The van der Waals surface area contributed by atoms with Crippen molar-refractivity contribution in [2.75, 3.05) is 20.3 Å². The second-order valence-electron chi connectivity index (χ2n) is 9.20. The molecule has 0 saturated heterocycles. The van der Waals surface area contributed by atoms with Crippen LogP contribution in [0.5, 0.6) is 0 Å². The fourth-order valence-corrected chi connectivity index (χ4v) is 4.26. The van der Waals surface area contributed by atoms with E-state index in [-0.39, 0.29) is 13.2 Å². The van der Waals surface area contributed by atoms with E-state index < -0.39 is 47.3 Å². The molecule has 2 rings (SSSR count). The SMILES string of the molecule is CCOC(=O)C1C(C)=NC(C=NC)C(C(=O)OCC)C1c1ccccc1C=CC(=O)OC(C)(C)C. The summed E-state index contributed by atoms with van der Waals surface area (Å²) in [7, 11) is 1.61. The summed E-state index contributed by atoms with van der Waals surface area (Å²) in [4.78, 5) is 47.4. The van der Waals surface area contributed by atoms with Gasteiger partial charge in [0.25, 0.3) is 0 Å². The maximum Gasteiger partial charge on any atom is 0.331 e. The number of aliphatic imine (C=N–C) groups is 2. The molecule has 1 aliphatic rings. The zero-order valence-corrected chi connectivity index (χ0v) is 21.6. The van der Waals surface area contributed by atoms with Crippen molar-refractivity contribution in [3.8, 4) is 0 Å². The van der Waals surface area contributed by atoms with Crippen molar-refractivity contribution in [3.63, 3.8) is 0 Å². The molecule has 0 radical (unpaired) electrons. The number of hydrogen-bond donors (Lipinski definition) is 0. The summed E-state index contributed by atoms with van der Waals surface area (Å²) < 4.78 is 16.2. The summed E-state index contributed by atoms with van der Waals surface area (Å²) in [5.74, 6) is -3.69. The van der Waals surface area contributed by atoms with E-state index in [1.807, 2.05) is 24.3 Å². The Kier molecular flexibility index (Phi) is 9.92. The van der Waals surface area contributed by atoms with Crippen LogP contribution in [0.1, 0.15) is 58.6 Å². The molecule has 8 nitrogen and oxygen atoms in total. The number of rotatable bonds is 8. The molecule has 1 heterocycles. The lowest BCUT2D eigenvalue weighted by molar-refractivity contribution is -0.153. The molecule has 0 fully saturated rings. The molecule has 190 valence electrons. The minimum absolute atomic E-state index is 0.186. The molecular formula is C27H36N2O6. The Labute approximate surface area is 207 Å². The molecule has 4 unspecified atom stereocenters. The highest BCUT2D eigenvalue weighted by Gasteiger charge is 2.49. The number of benzene rings is 1. The molecule has 0 N–H and O–H groups in total. The van der Waals surface area contributed by atoms with Gasteiger partial charge in [-0.1, -0.05) is 24.3 Å². The lowest BCUT2D eigenvalue weighted by Gasteiger charge is -2.38. The van der Waals surface area contributed by atoms with Gasteiger partial charge in [0.05, 0.1) is 25.2 Å². The van der Waals surface area contributed by atoms with Gasteiger partial charge in [-0.2, -0.15) is 0 Å². The third-order valence-electron chi connectivity index (χ3n) is 5.48. The summed E-state index contributed by atoms with van der Waals surface area (Å²) >= 11 is 0. The fourth-order valence-electron chi connectivity index (χ4n) is 4.26.